The molecule has 92 valence electrons. The highest BCUT2D eigenvalue weighted by Gasteiger charge is 2.31. The predicted octanol–water partition coefficient (Wildman–Crippen LogP) is 2.07. The van der Waals surface area contributed by atoms with Gasteiger partial charge in [0.05, 0.1) is 5.56 Å². The minimum atomic E-state index is -4.59. The topological polar surface area (TPSA) is 85.6 Å². The largest absolute Gasteiger partial charge is 0.508 e. The monoisotopic (exact) mass is 254 g/mol. The minimum absolute atomic E-state index is 0.0346. The molecule has 0 unspecified atom stereocenters. The van der Waals surface area contributed by atoms with Gasteiger partial charge in [0.1, 0.15) is 17.5 Å². The van der Waals surface area contributed by atoms with Crippen LogP contribution in [0.4, 0.5) is 13.2 Å². The van der Waals surface area contributed by atoms with Crippen LogP contribution in [0.25, 0.3) is 11.3 Å². The van der Waals surface area contributed by atoms with E-state index in [0.717, 1.165) is 12.1 Å². The summed E-state index contributed by atoms with van der Waals surface area (Å²) in [5.74, 6) is -0.563. The van der Waals surface area contributed by atoms with Gasteiger partial charge in [0, 0.05) is 5.56 Å². The Morgan fingerprint density at radius 2 is 2.00 bits per heavy atom. The SMILES string of the molecule is N#Cc1[nH]nnc1-c1cc(O)cc(C(F)(F)F)c1. The summed E-state index contributed by atoms with van der Waals surface area (Å²) < 4.78 is 37.7. The second-order valence-corrected chi connectivity index (χ2v) is 3.41. The third-order valence-electron chi connectivity index (χ3n) is 2.18. The molecule has 2 rings (SSSR count). The molecule has 0 spiro atoms. The molecule has 1 heterocycles. The number of alkyl halides is 3. The van der Waals surface area contributed by atoms with Crippen LogP contribution in [-0.4, -0.2) is 20.5 Å². The standard InChI is InChI=1S/C10H5F3N4O/c11-10(12,13)6-1-5(2-7(18)3-6)9-8(4-14)15-17-16-9/h1-3,18H,(H,15,16,17). The molecule has 0 aliphatic carbocycles. The van der Waals surface area contributed by atoms with Gasteiger partial charge in [-0.3, -0.25) is 0 Å². The molecule has 1 aromatic carbocycles. The van der Waals surface area contributed by atoms with E-state index in [2.05, 4.69) is 15.4 Å². The van der Waals surface area contributed by atoms with Crippen molar-refractivity contribution in [1.82, 2.24) is 15.4 Å². The molecule has 8 heteroatoms. The molecule has 1 aromatic heterocycles. The number of nitrogens with zero attached hydrogens (tertiary/aromatic N) is 3. The number of rotatable bonds is 1. The number of hydrogen-bond donors (Lipinski definition) is 2. The zero-order valence-electron chi connectivity index (χ0n) is 8.65. The van der Waals surface area contributed by atoms with E-state index in [9.17, 15) is 18.3 Å². The molecule has 0 fully saturated rings. The fourth-order valence-electron chi connectivity index (χ4n) is 1.42. The van der Waals surface area contributed by atoms with E-state index < -0.39 is 17.5 Å². The molecular weight excluding hydrogens is 249 g/mol. The van der Waals surface area contributed by atoms with Gasteiger partial charge in [0.2, 0.25) is 0 Å². The van der Waals surface area contributed by atoms with Crippen LogP contribution in [0.15, 0.2) is 18.2 Å². The summed E-state index contributed by atoms with van der Waals surface area (Å²) in [5.41, 5.74) is -1.18. The molecule has 0 radical (unpaired) electrons. The number of hydrogen-bond acceptors (Lipinski definition) is 4. The van der Waals surface area contributed by atoms with Crippen LogP contribution in [0.2, 0.25) is 0 Å². The van der Waals surface area contributed by atoms with Gasteiger partial charge in [-0.15, -0.1) is 5.10 Å². The lowest BCUT2D eigenvalue weighted by molar-refractivity contribution is -0.137. The summed E-state index contributed by atoms with van der Waals surface area (Å²) in [6.07, 6.45) is -4.59. The molecule has 18 heavy (non-hydrogen) atoms. The van der Waals surface area contributed by atoms with Crippen LogP contribution < -0.4 is 0 Å². The van der Waals surface area contributed by atoms with Gasteiger partial charge in [-0.25, -0.2) is 5.10 Å². The van der Waals surface area contributed by atoms with Crippen molar-refractivity contribution in [2.24, 2.45) is 0 Å². The van der Waals surface area contributed by atoms with Crippen molar-refractivity contribution < 1.29 is 18.3 Å². The summed E-state index contributed by atoms with van der Waals surface area (Å²) in [7, 11) is 0. The van der Waals surface area contributed by atoms with Crippen LogP contribution in [0.1, 0.15) is 11.3 Å². The van der Waals surface area contributed by atoms with E-state index in [1.54, 1.807) is 6.07 Å². The average molecular weight is 254 g/mol. The Hall–Kier alpha value is -2.56. The Labute approximate surface area is 98.5 Å². The lowest BCUT2D eigenvalue weighted by Gasteiger charge is -2.08. The van der Waals surface area contributed by atoms with E-state index in [-0.39, 0.29) is 17.0 Å². The molecule has 0 saturated carbocycles. The number of nitriles is 1. The van der Waals surface area contributed by atoms with Gasteiger partial charge in [-0.2, -0.15) is 18.4 Å². The van der Waals surface area contributed by atoms with E-state index in [1.807, 2.05) is 0 Å². The number of phenolic OH excluding ortho intramolecular Hbond substituents is 1. The maximum atomic E-state index is 12.6. The number of phenols is 1. The Morgan fingerprint density at radius 3 is 2.61 bits per heavy atom. The van der Waals surface area contributed by atoms with Gasteiger partial charge >= 0.3 is 6.18 Å². The number of halogens is 3. The summed E-state index contributed by atoms with van der Waals surface area (Å²) >= 11 is 0. The van der Waals surface area contributed by atoms with E-state index in [1.165, 1.54) is 0 Å². The van der Waals surface area contributed by atoms with Gasteiger partial charge < -0.3 is 5.11 Å². The molecule has 0 atom stereocenters. The summed E-state index contributed by atoms with van der Waals surface area (Å²) in [4.78, 5) is 0. The summed E-state index contributed by atoms with van der Waals surface area (Å²) in [6.45, 7) is 0. The van der Waals surface area contributed by atoms with E-state index in [4.69, 9.17) is 5.26 Å². The van der Waals surface area contributed by atoms with Crippen LogP contribution in [0, 0.1) is 11.3 Å². The Bertz CT molecular complexity index is 627. The van der Waals surface area contributed by atoms with Crippen molar-refractivity contribution in [2.45, 2.75) is 6.18 Å². The Kier molecular flexibility index (Phi) is 2.67. The molecule has 5 nitrogen and oxygen atoms in total. The highest BCUT2D eigenvalue weighted by molar-refractivity contribution is 5.66. The predicted molar refractivity (Wildman–Crippen MR) is 53.2 cm³/mol. The Morgan fingerprint density at radius 1 is 1.28 bits per heavy atom. The van der Waals surface area contributed by atoms with Crippen molar-refractivity contribution in [3.63, 3.8) is 0 Å². The highest BCUT2D eigenvalue weighted by atomic mass is 19.4. The number of aromatic nitrogens is 3. The Balaban J connectivity index is 2.60. The second kappa shape index (κ2) is 4.03. The molecule has 2 N–H and O–H groups in total. The van der Waals surface area contributed by atoms with Gasteiger partial charge in [0.15, 0.2) is 5.69 Å². The summed E-state index contributed by atoms with van der Waals surface area (Å²) in [6, 6.07) is 4.17. The van der Waals surface area contributed by atoms with Crippen molar-refractivity contribution >= 4 is 0 Å². The van der Waals surface area contributed by atoms with Crippen LogP contribution >= 0.6 is 0 Å². The molecule has 0 saturated heterocycles. The molecule has 0 amide bonds. The second-order valence-electron chi connectivity index (χ2n) is 3.41. The number of benzene rings is 1. The zero-order valence-corrected chi connectivity index (χ0v) is 8.65. The van der Waals surface area contributed by atoms with Crippen molar-refractivity contribution in [2.75, 3.05) is 0 Å². The quantitative estimate of drug-likeness (QED) is 0.815. The third kappa shape index (κ3) is 2.10. The number of nitrogens with one attached hydrogen (secondary N) is 1. The first-order valence-electron chi connectivity index (χ1n) is 4.64. The first-order chi connectivity index (χ1) is 8.41. The first-order valence-corrected chi connectivity index (χ1v) is 4.64. The third-order valence-corrected chi connectivity index (χ3v) is 2.18. The molecule has 2 aromatic rings. The smallest absolute Gasteiger partial charge is 0.416 e. The van der Waals surface area contributed by atoms with Crippen LogP contribution in [-0.2, 0) is 6.18 Å². The fraction of sp³-hybridized carbons (Fsp3) is 0.100. The lowest BCUT2D eigenvalue weighted by Crippen LogP contribution is -2.04. The van der Waals surface area contributed by atoms with Gasteiger partial charge in [-0.05, 0) is 18.2 Å². The first kappa shape index (κ1) is 11.9. The van der Waals surface area contributed by atoms with Crippen molar-refractivity contribution in [1.29, 1.82) is 5.26 Å². The van der Waals surface area contributed by atoms with Crippen molar-refractivity contribution in [3.8, 4) is 23.1 Å². The van der Waals surface area contributed by atoms with E-state index in [0.29, 0.717) is 6.07 Å². The van der Waals surface area contributed by atoms with Crippen molar-refractivity contribution in [3.05, 3.63) is 29.5 Å². The molecule has 0 aliphatic heterocycles. The van der Waals surface area contributed by atoms with E-state index >= 15 is 0 Å². The number of aromatic hydroxyl groups is 1. The van der Waals surface area contributed by atoms with Crippen LogP contribution in [0.3, 0.4) is 0 Å². The molecular formula is C10H5F3N4O. The molecule has 0 aliphatic rings. The minimum Gasteiger partial charge on any atom is -0.508 e. The van der Waals surface area contributed by atoms with Crippen LogP contribution in [0.5, 0.6) is 5.75 Å². The fourth-order valence-corrected chi connectivity index (χ4v) is 1.42. The van der Waals surface area contributed by atoms with Gasteiger partial charge in [-0.1, -0.05) is 5.21 Å². The normalized spacial score (nSPS) is 11.2. The maximum Gasteiger partial charge on any atom is 0.416 e. The number of H-pyrrole nitrogens is 1. The number of aromatic amines is 1. The zero-order chi connectivity index (χ0) is 13.3. The highest BCUT2D eigenvalue weighted by Crippen LogP contribution is 2.35. The maximum absolute atomic E-state index is 12.6. The average Bonchev–Trinajstić information content (AvgIpc) is 2.74. The molecule has 0 bridgehead atoms. The van der Waals surface area contributed by atoms with Gasteiger partial charge in [0.25, 0.3) is 0 Å². The lowest BCUT2D eigenvalue weighted by atomic mass is 10.1. The summed E-state index contributed by atoms with van der Waals surface area (Å²) in [5, 5.41) is 27.1.